The standard InChI is InChI=1S/C27H22BrClN2O3/c1-3-5-20-12-19(13-21(16-30)27(32)31-24-7-4-6-23(29)15-24)14-25(33-2)26(20)34-17-18-8-10-22(28)11-9-18/h3-4,6-15H,1,5,17H2,2H3,(H,31,32)/b21-13+. The van der Waals surface area contributed by atoms with Gasteiger partial charge in [-0.2, -0.15) is 5.26 Å². The zero-order valence-electron chi connectivity index (χ0n) is 18.5. The molecule has 0 radical (unpaired) electrons. The predicted octanol–water partition coefficient (Wildman–Crippen LogP) is 6.96. The number of anilines is 1. The Morgan fingerprint density at radius 3 is 2.62 bits per heavy atom. The molecule has 1 amide bonds. The Kier molecular flexibility index (Phi) is 8.92. The maximum atomic E-state index is 12.7. The molecule has 0 heterocycles. The Bertz CT molecular complexity index is 1260. The summed E-state index contributed by atoms with van der Waals surface area (Å²) in [7, 11) is 1.55. The van der Waals surface area contributed by atoms with Gasteiger partial charge in [0.2, 0.25) is 0 Å². The van der Waals surface area contributed by atoms with Crippen LogP contribution in [0.25, 0.3) is 6.08 Å². The largest absolute Gasteiger partial charge is 0.493 e. The van der Waals surface area contributed by atoms with E-state index in [9.17, 15) is 10.1 Å². The minimum absolute atomic E-state index is 0.0601. The summed E-state index contributed by atoms with van der Waals surface area (Å²) in [5.41, 5.74) is 2.89. The second kappa shape index (κ2) is 12.1. The second-order valence-electron chi connectivity index (χ2n) is 7.25. The van der Waals surface area contributed by atoms with Gasteiger partial charge in [0.25, 0.3) is 5.91 Å². The summed E-state index contributed by atoms with van der Waals surface area (Å²) in [6.45, 7) is 4.18. The Balaban J connectivity index is 1.89. The molecule has 0 aliphatic rings. The highest BCUT2D eigenvalue weighted by Gasteiger charge is 2.15. The molecular weight excluding hydrogens is 516 g/mol. The minimum Gasteiger partial charge on any atom is -0.493 e. The van der Waals surface area contributed by atoms with Gasteiger partial charge in [0.15, 0.2) is 11.5 Å². The number of methoxy groups -OCH3 is 1. The highest BCUT2D eigenvalue weighted by molar-refractivity contribution is 9.10. The summed E-state index contributed by atoms with van der Waals surface area (Å²) in [6.07, 6.45) is 3.78. The number of carbonyl (C=O) groups excluding carboxylic acids is 1. The quantitative estimate of drug-likeness (QED) is 0.182. The molecule has 0 aromatic heterocycles. The molecular formula is C27H22BrClN2O3. The van der Waals surface area contributed by atoms with Crippen LogP contribution in [0.3, 0.4) is 0 Å². The monoisotopic (exact) mass is 536 g/mol. The molecule has 3 aromatic carbocycles. The van der Waals surface area contributed by atoms with Crippen LogP contribution in [0.5, 0.6) is 11.5 Å². The third kappa shape index (κ3) is 6.74. The first-order valence-corrected chi connectivity index (χ1v) is 11.5. The fourth-order valence-corrected chi connectivity index (χ4v) is 3.66. The van der Waals surface area contributed by atoms with Crippen LogP contribution in [-0.2, 0) is 17.8 Å². The number of halogens is 2. The Morgan fingerprint density at radius 1 is 1.21 bits per heavy atom. The van der Waals surface area contributed by atoms with Gasteiger partial charge < -0.3 is 14.8 Å². The lowest BCUT2D eigenvalue weighted by Gasteiger charge is -2.16. The van der Waals surface area contributed by atoms with Crippen LogP contribution >= 0.6 is 27.5 Å². The summed E-state index contributed by atoms with van der Waals surface area (Å²) >= 11 is 9.40. The molecule has 3 aromatic rings. The van der Waals surface area contributed by atoms with Crippen molar-refractivity contribution in [3.63, 3.8) is 0 Å². The van der Waals surface area contributed by atoms with Crippen LogP contribution in [0, 0.1) is 11.3 Å². The fourth-order valence-electron chi connectivity index (χ4n) is 3.21. The molecule has 0 unspecified atom stereocenters. The third-order valence-corrected chi connectivity index (χ3v) is 5.56. The van der Waals surface area contributed by atoms with Gasteiger partial charge >= 0.3 is 0 Å². The molecule has 0 fully saturated rings. The number of nitriles is 1. The van der Waals surface area contributed by atoms with E-state index >= 15 is 0 Å². The molecule has 0 spiro atoms. The number of rotatable bonds is 9. The third-order valence-electron chi connectivity index (χ3n) is 4.79. The van der Waals surface area contributed by atoms with E-state index < -0.39 is 5.91 Å². The van der Waals surface area contributed by atoms with E-state index in [4.69, 9.17) is 21.1 Å². The van der Waals surface area contributed by atoms with Gasteiger partial charge in [-0.15, -0.1) is 6.58 Å². The highest BCUT2D eigenvalue weighted by Crippen LogP contribution is 2.35. The van der Waals surface area contributed by atoms with Gasteiger partial charge in [-0.05, 0) is 66.1 Å². The van der Waals surface area contributed by atoms with Gasteiger partial charge in [0.1, 0.15) is 18.2 Å². The Morgan fingerprint density at radius 2 is 1.97 bits per heavy atom. The number of hydrogen-bond acceptors (Lipinski definition) is 4. The molecule has 0 saturated carbocycles. The lowest BCUT2D eigenvalue weighted by atomic mass is 10.0. The number of nitrogens with zero attached hydrogens (tertiary/aromatic N) is 1. The van der Waals surface area contributed by atoms with Crippen LogP contribution in [-0.4, -0.2) is 13.0 Å². The maximum Gasteiger partial charge on any atom is 0.266 e. The summed E-state index contributed by atoms with van der Waals surface area (Å²) in [5.74, 6) is 0.546. The van der Waals surface area contributed by atoms with Crippen molar-refractivity contribution in [3.8, 4) is 17.6 Å². The van der Waals surface area contributed by atoms with Crippen LogP contribution in [0.4, 0.5) is 5.69 Å². The summed E-state index contributed by atoms with van der Waals surface area (Å²) in [6, 6.07) is 20.1. The molecule has 34 heavy (non-hydrogen) atoms. The molecule has 7 heteroatoms. The molecule has 0 bridgehead atoms. The van der Waals surface area contributed by atoms with Gasteiger partial charge in [-0.3, -0.25) is 4.79 Å². The molecule has 0 aliphatic carbocycles. The van der Waals surface area contributed by atoms with Crippen molar-refractivity contribution in [3.05, 3.63) is 105 Å². The molecule has 3 rings (SSSR count). The lowest BCUT2D eigenvalue weighted by molar-refractivity contribution is -0.112. The predicted molar refractivity (Wildman–Crippen MR) is 139 cm³/mol. The maximum absolute atomic E-state index is 12.7. The molecule has 172 valence electrons. The number of amides is 1. The van der Waals surface area contributed by atoms with Crippen molar-refractivity contribution in [2.24, 2.45) is 0 Å². The minimum atomic E-state index is -0.537. The zero-order valence-corrected chi connectivity index (χ0v) is 20.8. The van der Waals surface area contributed by atoms with Gasteiger partial charge in [-0.1, -0.05) is 51.8 Å². The number of allylic oxidation sites excluding steroid dienone is 1. The van der Waals surface area contributed by atoms with Gasteiger partial charge in [0.05, 0.1) is 7.11 Å². The van der Waals surface area contributed by atoms with Crippen molar-refractivity contribution in [2.75, 3.05) is 12.4 Å². The first-order valence-electron chi connectivity index (χ1n) is 10.3. The van der Waals surface area contributed by atoms with Gasteiger partial charge in [-0.25, -0.2) is 0 Å². The highest BCUT2D eigenvalue weighted by atomic mass is 79.9. The first-order chi connectivity index (χ1) is 16.4. The van der Waals surface area contributed by atoms with E-state index in [2.05, 4.69) is 27.8 Å². The van der Waals surface area contributed by atoms with Crippen molar-refractivity contribution in [1.82, 2.24) is 0 Å². The van der Waals surface area contributed by atoms with E-state index in [-0.39, 0.29) is 5.57 Å². The van der Waals surface area contributed by atoms with Crippen LogP contribution < -0.4 is 14.8 Å². The number of nitrogens with one attached hydrogen (secondary N) is 1. The average Bonchev–Trinajstić information content (AvgIpc) is 2.82. The Hall–Kier alpha value is -3.53. The topological polar surface area (TPSA) is 71.4 Å². The molecule has 0 saturated heterocycles. The Labute approximate surface area is 212 Å². The number of benzene rings is 3. The summed E-state index contributed by atoms with van der Waals surface area (Å²) in [5, 5.41) is 12.8. The van der Waals surface area contributed by atoms with E-state index in [0.29, 0.717) is 40.8 Å². The zero-order chi connectivity index (χ0) is 24.5. The van der Waals surface area contributed by atoms with Crippen molar-refractivity contribution < 1.29 is 14.3 Å². The molecule has 0 aliphatic heterocycles. The van der Waals surface area contributed by atoms with Crippen molar-refractivity contribution >= 4 is 45.2 Å². The van der Waals surface area contributed by atoms with E-state index in [1.54, 1.807) is 43.5 Å². The first kappa shape index (κ1) is 25.1. The van der Waals surface area contributed by atoms with Crippen LogP contribution in [0.15, 0.2) is 83.4 Å². The second-order valence-corrected chi connectivity index (χ2v) is 8.61. The van der Waals surface area contributed by atoms with E-state index in [0.717, 1.165) is 15.6 Å². The lowest BCUT2D eigenvalue weighted by Crippen LogP contribution is -2.13. The molecule has 5 nitrogen and oxygen atoms in total. The van der Waals surface area contributed by atoms with Gasteiger partial charge in [0, 0.05) is 20.7 Å². The average molecular weight is 538 g/mol. The molecule has 0 atom stereocenters. The van der Waals surface area contributed by atoms with E-state index in [1.807, 2.05) is 36.4 Å². The fraction of sp³-hybridized carbons (Fsp3) is 0.111. The van der Waals surface area contributed by atoms with E-state index in [1.165, 1.54) is 6.08 Å². The summed E-state index contributed by atoms with van der Waals surface area (Å²) < 4.78 is 12.7. The van der Waals surface area contributed by atoms with Crippen molar-refractivity contribution in [1.29, 1.82) is 5.26 Å². The number of ether oxygens (including phenoxy) is 2. The smallest absolute Gasteiger partial charge is 0.266 e. The molecule has 1 N–H and O–H groups in total. The van der Waals surface area contributed by atoms with Crippen molar-refractivity contribution in [2.45, 2.75) is 13.0 Å². The van der Waals surface area contributed by atoms with Crippen LogP contribution in [0.1, 0.15) is 16.7 Å². The van der Waals surface area contributed by atoms with Crippen LogP contribution in [0.2, 0.25) is 5.02 Å². The number of carbonyl (C=O) groups is 1. The normalized spacial score (nSPS) is 10.8. The SMILES string of the molecule is C=CCc1cc(/C=C(\C#N)C(=O)Nc2cccc(Cl)c2)cc(OC)c1OCc1ccc(Br)cc1. The summed E-state index contributed by atoms with van der Waals surface area (Å²) in [4.78, 5) is 12.7. The number of hydrogen-bond donors (Lipinski definition) is 1.